The first kappa shape index (κ1) is 21.0. The molecule has 152 valence electrons. The predicted molar refractivity (Wildman–Crippen MR) is 120 cm³/mol. The summed E-state index contributed by atoms with van der Waals surface area (Å²) in [7, 11) is 0. The number of rotatable bonds is 7. The Morgan fingerprint density at radius 2 is 1.90 bits per heavy atom. The van der Waals surface area contributed by atoms with Crippen LogP contribution in [-0.4, -0.2) is 21.5 Å². The number of aromatic nitrogens is 1. The van der Waals surface area contributed by atoms with Gasteiger partial charge in [-0.25, -0.2) is 4.79 Å². The Balaban J connectivity index is 1.76. The van der Waals surface area contributed by atoms with E-state index < -0.39 is 0 Å². The van der Waals surface area contributed by atoms with E-state index in [0.717, 1.165) is 34.9 Å². The van der Waals surface area contributed by atoms with Crippen LogP contribution in [0.3, 0.4) is 0 Å². The van der Waals surface area contributed by atoms with Crippen LogP contribution in [0, 0.1) is 6.92 Å². The number of hydrogen-bond acceptors (Lipinski definition) is 1. The van der Waals surface area contributed by atoms with E-state index >= 15 is 0 Å². The number of aryl methyl sites for hydroxylation is 1. The maximum absolute atomic E-state index is 13.0. The molecule has 3 rings (SSSR count). The van der Waals surface area contributed by atoms with Gasteiger partial charge in [-0.1, -0.05) is 48.4 Å². The molecule has 1 unspecified atom stereocenters. The molecule has 1 heterocycles. The summed E-state index contributed by atoms with van der Waals surface area (Å²) in [5.41, 5.74) is 4.20. The van der Waals surface area contributed by atoms with Crippen LogP contribution in [0.15, 0.2) is 66.9 Å². The minimum absolute atomic E-state index is 0.0845. The van der Waals surface area contributed by atoms with Crippen LogP contribution in [0.2, 0.25) is 5.02 Å². The maximum Gasteiger partial charge on any atom is 0.322 e. The van der Waals surface area contributed by atoms with Gasteiger partial charge in [0.05, 0.1) is 6.54 Å². The molecule has 0 spiro atoms. The van der Waals surface area contributed by atoms with Gasteiger partial charge in [0.2, 0.25) is 0 Å². The summed E-state index contributed by atoms with van der Waals surface area (Å²) in [5.74, 6) is 0. The van der Waals surface area contributed by atoms with Crippen LogP contribution in [0.4, 0.5) is 10.5 Å². The first-order valence-corrected chi connectivity index (χ1v) is 10.4. The topological polar surface area (TPSA) is 37.3 Å². The van der Waals surface area contributed by atoms with Crippen molar-refractivity contribution in [3.8, 4) is 0 Å². The van der Waals surface area contributed by atoms with Gasteiger partial charge in [-0.15, -0.1) is 0 Å². The first-order valence-electron chi connectivity index (χ1n) is 9.99. The van der Waals surface area contributed by atoms with Crippen LogP contribution in [0.25, 0.3) is 0 Å². The zero-order valence-corrected chi connectivity index (χ0v) is 18.0. The Morgan fingerprint density at radius 1 is 1.14 bits per heavy atom. The van der Waals surface area contributed by atoms with E-state index in [2.05, 4.69) is 35.9 Å². The fraction of sp³-hybridized carbons (Fsp3) is 0.292. The normalized spacial score (nSPS) is 11.9. The van der Waals surface area contributed by atoms with Crippen LogP contribution in [0.5, 0.6) is 0 Å². The third-order valence-electron chi connectivity index (χ3n) is 5.18. The van der Waals surface area contributed by atoms with Crippen molar-refractivity contribution < 1.29 is 4.79 Å². The molecule has 4 nitrogen and oxygen atoms in total. The van der Waals surface area contributed by atoms with Gasteiger partial charge in [-0.05, 0) is 62.2 Å². The lowest BCUT2D eigenvalue weighted by molar-refractivity contribution is 0.185. The summed E-state index contributed by atoms with van der Waals surface area (Å²) in [4.78, 5) is 14.9. The van der Waals surface area contributed by atoms with Crippen LogP contribution >= 0.6 is 11.6 Å². The Bertz CT molecular complexity index is 949. The second kappa shape index (κ2) is 9.66. The minimum Gasteiger partial charge on any atom is -0.345 e. The van der Waals surface area contributed by atoms with Crippen LogP contribution in [-0.2, 0) is 13.1 Å². The van der Waals surface area contributed by atoms with Gasteiger partial charge < -0.3 is 14.8 Å². The van der Waals surface area contributed by atoms with Crippen molar-refractivity contribution in [3.63, 3.8) is 0 Å². The number of carbonyl (C=O) groups excluding carboxylic acids is 1. The lowest BCUT2D eigenvalue weighted by Crippen LogP contribution is -2.41. The van der Waals surface area contributed by atoms with E-state index in [0.29, 0.717) is 6.54 Å². The second-order valence-corrected chi connectivity index (χ2v) is 7.88. The van der Waals surface area contributed by atoms with Crippen molar-refractivity contribution in [2.75, 3.05) is 5.32 Å². The molecule has 0 radical (unpaired) electrons. The predicted octanol–water partition coefficient (Wildman–Crippen LogP) is 6.33. The standard InChI is InChI=1S/C24H28ClN3O/c1-4-19(3)28(24(29)26-22-12-10-18(2)11-13-22)17-23-9-6-14-27(23)16-20-7-5-8-21(25)15-20/h5-15,19H,4,16-17H2,1-3H3,(H,26,29). The van der Waals surface area contributed by atoms with Crippen molar-refractivity contribution in [2.24, 2.45) is 0 Å². The van der Waals surface area contributed by atoms with Crippen molar-refractivity contribution in [1.29, 1.82) is 0 Å². The highest BCUT2D eigenvalue weighted by Gasteiger charge is 2.21. The van der Waals surface area contributed by atoms with Crippen LogP contribution in [0.1, 0.15) is 37.1 Å². The molecule has 1 atom stereocenters. The number of nitrogens with one attached hydrogen (secondary N) is 1. The molecule has 2 aromatic carbocycles. The Morgan fingerprint density at radius 3 is 2.59 bits per heavy atom. The van der Waals surface area contributed by atoms with Gasteiger partial charge >= 0.3 is 6.03 Å². The lowest BCUT2D eigenvalue weighted by Gasteiger charge is -2.29. The molecular formula is C24H28ClN3O. The summed E-state index contributed by atoms with van der Waals surface area (Å²) >= 11 is 6.13. The highest BCUT2D eigenvalue weighted by Crippen LogP contribution is 2.18. The average molecular weight is 410 g/mol. The second-order valence-electron chi connectivity index (χ2n) is 7.44. The SMILES string of the molecule is CCC(C)N(Cc1cccn1Cc1cccc(Cl)c1)C(=O)Nc1ccc(C)cc1. The van der Waals surface area contributed by atoms with Crippen molar-refractivity contribution in [2.45, 2.75) is 46.3 Å². The van der Waals surface area contributed by atoms with E-state index in [1.807, 2.05) is 66.6 Å². The Labute approximate surface area is 178 Å². The lowest BCUT2D eigenvalue weighted by atomic mass is 10.2. The molecule has 0 saturated carbocycles. The summed E-state index contributed by atoms with van der Waals surface area (Å²) < 4.78 is 2.17. The zero-order valence-electron chi connectivity index (χ0n) is 17.2. The van der Waals surface area contributed by atoms with Crippen LogP contribution < -0.4 is 5.32 Å². The van der Waals surface area contributed by atoms with Gasteiger partial charge in [0.15, 0.2) is 0 Å². The van der Waals surface area contributed by atoms with Crippen molar-refractivity contribution in [3.05, 3.63) is 88.7 Å². The van der Waals surface area contributed by atoms with Gasteiger partial charge in [0, 0.05) is 35.2 Å². The summed E-state index contributed by atoms with van der Waals surface area (Å²) in [5, 5.41) is 3.77. The number of carbonyl (C=O) groups is 1. The molecule has 0 bridgehead atoms. The number of hydrogen-bond donors (Lipinski definition) is 1. The molecule has 1 N–H and O–H groups in total. The third kappa shape index (κ3) is 5.64. The molecular weight excluding hydrogens is 382 g/mol. The molecule has 29 heavy (non-hydrogen) atoms. The fourth-order valence-electron chi connectivity index (χ4n) is 3.23. The number of nitrogens with zero attached hydrogens (tertiary/aromatic N) is 2. The molecule has 0 aliphatic carbocycles. The van der Waals surface area contributed by atoms with Gasteiger partial charge in [0.25, 0.3) is 0 Å². The molecule has 0 aliphatic rings. The van der Waals surface area contributed by atoms with Gasteiger partial charge in [-0.2, -0.15) is 0 Å². The molecule has 5 heteroatoms. The number of benzene rings is 2. The van der Waals surface area contributed by atoms with E-state index in [4.69, 9.17) is 11.6 Å². The maximum atomic E-state index is 13.0. The number of halogens is 1. The quantitative estimate of drug-likeness (QED) is 0.486. The van der Waals surface area contributed by atoms with E-state index in [-0.39, 0.29) is 12.1 Å². The van der Waals surface area contributed by atoms with Crippen molar-refractivity contribution in [1.82, 2.24) is 9.47 Å². The smallest absolute Gasteiger partial charge is 0.322 e. The monoisotopic (exact) mass is 409 g/mol. The highest BCUT2D eigenvalue weighted by molar-refractivity contribution is 6.30. The number of anilines is 1. The average Bonchev–Trinajstić information content (AvgIpc) is 3.14. The highest BCUT2D eigenvalue weighted by atomic mass is 35.5. The summed E-state index contributed by atoms with van der Waals surface area (Å²) in [6, 6.07) is 19.9. The molecule has 2 amide bonds. The van der Waals surface area contributed by atoms with E-state index in [9.17, 15) is 4.79 Å². The molecule has 3 aromatic rings. The number of amides is 2. The van der Waals surface area contributed by atoms with E-state index in [1.54, 1.807) is 0 Å². The molecule has 0 saturated heterocycles. The minimum atomic E-state index is -0.0845. The Kier molecular flexibility index (Phi) is 6.99. The zero-order chi connectivity index (χ0) is 20.8. The van der Waals surface area contributed by atoms with Gasteiger partial charge in [-0.3, -0.25) is 0 Å². The van der Waals surface area contributed by atoms with Gasteiger partial charge in [0.1, 0.15) is 0 Å². The molecule has 0 aliphatic heterocycles. The first-order chi connectivity index (χ1) is 14.0. The summed E-state index contributed by atoms with van der Waals surface area (Å²) in [6.45, 7) is 7.48. The van der Waals surface area contributed by atoms with Crippen molar-refractivity contribution >= 4 is 23.3 Å². The molecule has 0 fully saturated rings. The molecule has 1 aromatic heterocycles. The van der Waals surface area contributed by atoms with E-state index in [1.165, 1.54) is 5.56 Å². The fourth-order valence-corrected chi connectivity index (χ4v) is 3.45. The third-order valence-corrected chi connectivity index (χ3v) is 5.42. The Hall–Kier alpha value is -2.72. The summed E-state index contributed by atoms with van der Waals surface area (Å²) in [6.07, 6.45) is 2.93. The largest absolute Gasteiger partial charge is 0.345 e. The number of urea groups is 1.